The molecule has 1 saturated carbocycles. The molecule has 1 aliphatic carbocycles. The maximum atomic E-state index is 13.7. The second-order valence-corrected chi connectivity index (χ2v) is 8.17. The van der Waals surface area contributed by atoms with Gasteiger partial charge in [-0.15, -0.1) is 0 Å². The standard InChI is InChI=1S/C18H18FNO3S/c1-2-24(22,23)13-9-7-12(8-10-13)20-18(21)16-11-15(16)14-5-3-4-6-17(14)19/h3-10,15-16H,2,11H2,1H3,(H,20,21). The summed E-state index contributed by atoms with van der Waals surface area (Å²) in [4.78, 5) is 12.5. The van der Waals surface area contributed by atoms with Gasteiger partial charge in [0.05, 0.1) is 10.6 Å². The van der Waals surface area contributed by atoms with E-state index in [0.717, 1.165) is 0 Å². The van der Waals surface area contributed by atoms with Gasteiger partial charge in [-0.2, -0.15) is 0 Å². The second kappa shape index (κ2) is 6.36. The number of rotatable bonds is 5. The molecule has 2 aromatic rings. The lowest BCUT2D eigenvalue weighted by Crippen LogP contribution is -2.15. The van der Waals surface area contributed by atoms with Crippen molar-refractivity contribution in [1.82, 2.24) is 0 Å². The molecule has 2 aromatic carbocycles. The van der Waals surface area contributed by atoms with E-state index in [4.69, 9.17) is 0 Å². The highest BCUT2D eigenvalue weighted by Crippen LogP contribution is 2.48. The van der Waals surface area contributed by atoms with Crippen molar-refractivity contribution in [3.05, 3.63) is 59.9 Å². The van der Waals surface area contributed by atoms with E-state index < -0.39 is 9.84 Å². The molecule has 2 unspecified atom stereocenters. The number of benzene rings is 2. The van der Waals surface area contributed by atoms with Crippen molar-refractivity contribution in [2.45, 2.75) is 24.2 Å². The summed E-state index contributed by atoms with van der Waals surface area (Å²) in [5.74, 6) is -0.765. The first-order chi connectivity index (χ1) is 11.4. The zero-order chi connectivity index (χ0) is 17.3. The van der Waals surface area contributed by atoms with Crippen molar-refractivity contribution in [2.75, 3.05) is 11.1 Å². The summed E-state index contributed by atoms with van der Waals surface area (Å²) in [5, 5.41) is 2.76. The molecular weight excluding hydrogens is 329 g/mol. The molecule has 2 atom stereocenters. The van der Waals surface area contributed by atoms with Crippen LogP contribution in [0.5, 0.6) is 0 Å². The Bertz CT molecular complexity index is 862. The fraction of sp³-hybridized carbons (Fsp3) is 0.278. The Kier molecular flexibility index (Phi) is 4.41. The third-order valence-corrected chi connectivity index (χ3v) is 6.04. The van der Waals surface area contributed by atoms with Gasteiger partial charge in [-0.05, 0) is 48.2 Å². The molecule has 3 rings (SSSR count). The van der Waals surface area contributed by atoms with Crippen molar-refractivity contribution in [3.8, 4) is 0 Å². The minimum atomic E-state index is -3.25. The van der Waals surface area contributed by atoms with Crippen LogP contribution in [0, 0.1) is 11.7 Å². The van der Waals surface area contributed by atoms with E-state index in [1.54, 1.807) is 37.3 Å². The van der Waals surface area contributed by atoms with Gasteiger partial charge < -0.3 is 5.32 Å². The smallest absolute Gasteiger partial charge is 0.228 e. The van der Waals surface area contributed by atoms with Crippen LogP contribution in [0.4, 0.5) is 10.1 Å². The molecule has 0 aromatic heterocycles. The van der Waals surface area contributed by atoms with Crippen molar-refractivity contribution in [2.24, 2.45) is 5.92 Å². The summed E-state index contributed by atoms with van der Waals surface area (Å²) in [5.41, 5.74) is 1.11. The van der Waals surface area contributed by atoms with Gasteiger partial charge in [0.15, 0.2) is 9.84 Å². The van der Waals surface area contributed by atoms with E-state index in [1.807, 2.05) is 0 Å². The molecule has 0 spiro atoms. The number of carbonyl (C=O) groups is 1. The zero-order valence-electron chi connectivity index (χ0n) is 13.2. The van der Waals surface area contributed by atoms with Crippen LogP contribution in [0.15, 0.2) is 53.4 Å². The highest BCUT2D eigenvalue weighted by molar-refractivity contribution is 7.91. The fourth-order valence-corrected chi connectivity index (χ4v) is 3.64. The van der Waals surface area contributed by atoms with Gasteiger partial charge in [0.2, 0.25) is 5.91 Å². The van der Waals surface area contributed by atoms with Gasteiger partial charge in [0, 0.05) is 11.6 Å². The number of hydrogen-bond donors (Lipinski definition) is 1. The molecule has 1 fully saturated rings. The molecule has 0 bridgehead atoms. The predicted octanol–water partition coefficient (Wildman–Crippen LogP) is 3.36. The molecule has 0 aliphatic heterocycles. The summed E-state index contributed by atoms with van der Waals surface area (Å²) < 4.78 is 37.3. The molecule has 1 amide bonds. The number of halogens is 1. The SMILES string of the molecule is CCS(=O)(=O)c1ccc(NC(=O)C2CC2c2ccccc2F)cc1. The van der Waals surface area contributed by atoms with Crippen LogP contribution >= 0.6 is 0 Å². The fourth-order valence-electron chi connectivity index (χ4n) is 2.75. The van der Waals surface area contributed by atoms with Crippen LogP contribution in [0.1, 0.15) is 24.8 Å². The highest BCUT2D eigenvalue weighted by atomic mass is 32.2. The van der Waals surface area contributed by atoms with Gasteiger partial charge in [0.1, 0.15) is 5.82 Å². The monoisotopic (exact) mass is 347 g/mol. The van der Waals surface area contributed by atoms with E-state index in [0.29, 0.717) is 17.7 Å². The third kappa shape index (κ3) is 3.33. The number of sulfone groups is 1. The topological polar surface area (TPSA) is 63.2 Å². The van der Waals surface area contributed by atoms with Crippen LogP contribution in [0.25, 0.3) is 0 Å². The Morgan fingerprint density at radius 3 is 2.46 bits per heavy atom. The molecule has 0 radical (unpaired) electrons. The van der Waals surface area contributed by atoms with Crippen molar-refractivity contribution >= 4 is 21.4 Å². The van der Waals surface area contributed by atoms with Gasteiger partial charge >= 0.3 is 0 Å². The van der Waals surface area contributed by atoms with Gasteiger partial charge in [0.25, 0.3) is 0 Å². The van der Waals surface area contributed by atoms with Crippen LogP contribution in [0.2, 0.25) is 0 Å². The number of amides is 1. The minimum Gasteiger partial charge on any atom is -0.326 e. The van der Waals surface area contributed by atoms with E-state index in [-0.39, 0.29) is 34.2 Å². The van der Waals surface area contributed by atoms with E-state index in [1.165, 1.54) is 18.2 Å². The van der Waals surface area contributed by atoms with Gasteiger partial charge in [-0.25, -0.2) is 12.8 Å². The van der Waals surface area contributed by atoms with Crippen molar-refractivity contribution < 1.29 is 17.6 Å². The minimum absolute atomic E-state index is 0.0328. The lowest BCUT2D eigenvalue weighted by Gasteiger charge is -2.07. The first-order valence-electron chi connectivity index (χ1n) is 7.80. The summed E-state index contributed by atoms with van der Waals surface area (Å²) in [6, 6.07) is 12.6. The largest absolute Gasteiger partial charge is 0.326 e. The molecule has 1 N–H and O–H groups in total. The Morgan fingerprint density at radius 2 is 1.83 bits per heavy atom. The van der Waals surface area contributed by atoms with Crippen LogP contribution in [-0.2, 0) is 14.6 Å². The number of nitrogens with one attached hydrogen (secondary N) is 1. The highest BCUT2D eigenvalue weighted by Gasteiger charge is 2.45. The van der Waals surface area contributed by atoms with E-state index in [2.05, 4.69) is 5.32 Å². The molecule has 6 heteroatoms. The number of hydrogen-bond acceptors (Lipinski definition) is 3. The molecule has 1 aliphatic rings. The summed E-state index contributed by atoms with van der Waals surface area (Å²) >= 11 is 0. The molecule has 24 heavy (non-hydrogen) atoms. The second-order valence-electron chi connectivity index (χ2n) is 5.89. The molecule has 4 nitrogen and oxygen atoms in total. The average Bonchev–Trinajstić information content (AvgIpc) is 3.36. The lowest BCUT2D eigenvalue weighted by molar-refractivity contribution is -0.117. The van der Waals surface area contributed by atoms with Gasteiger partial charge in [-0.3, -0.25) is 4.79 Å². The number of carbonyl (C=O) groups excluding carboxylic acids is 1. The Hall–Kier alpha value is -2.21. The quantitative estimate of drug-likeness (QED) is 0.902. The number of anilines is 1. The normalized spacial score (nSPS) is 19.8. The summed E-state index contributed by atoms with van der Waals surface area (Å²) in [7, 11) is -3.25. The molecular formula is C18H18FNO3S. The maximum absolute atomic E-state index is 13.7. The molecule has 0 saturated heterocycles. The van der Waals surface area contributed by atoms with Gasteiger partial charge in [-0.1, -0.05) is 25.1 Å². The Balaban J connectivity index is 1.65. The first kappa shape index (κ1) is 16.6. The van der Waals surface area contributed by atoms with Crippen molar-refractivity contribution in [3.63, 3.8) is 0 Å². The average molecular weight is 347 g/mol. The van der Waals surface area contributed by atoms with Crippen LogP contribution in [-0.4, -0.2) is 20.1 Å². The summed E-state index contributed by atoms with van der Waals surface area (Å²) in [6.45, 7) is 1.58. The zero-order valence-corrected chi connectivity index (χ0v) is 14.0. The molecule has 126 valence electrons. The van der Waals surface area contributed by atoms with Crippen LogP contribution < -0.4 is 5.32 Å². The first-order valence-corrected chi connectivity index (χ1v) is 9.45. The van der Waals surface area contributed by atoms with Crippen molar-refractivity contribution in [1.29, 1.82) is 0 Å². The Labute approximate surface area is 140 Å². The Morgan fingerprint density at radius 1 is 1.17 bits per heavy atom. The summed E-state index contributed by atoms with van der Waals surface area (Å²) in [6.07, 6.45) is 0.620. The third-order valence-electron chi connectivity index (χ3n) is 4.29. The van der Waals surface area contributed by atoms with E-state index in [9.17, 15) is 17.6 Å². The van der Waals surface area contributed by atoms with E-state index >= 15 is 0 Å². The predicted molar refractivity (Wildman–Crippen MR) is 90.0 cm³/mol. The lowest BCUT2D eigenvalue weighted by atomic mass is 10.1. The van der Waals surface area contributed by atoms with Crippen LogP contribution in [0.3, 0.4) is 0 Å². The maximum Gasteiger partial charge on any atom is 0.228 e. The molecule has 0 heterocycles.